The van der Waals surface area contributed by atoms with Gasteiger partial charge in [0.1, 0.15) is 5.82 Å². The van der Waals surface area contributed by atoms with Crippen LogP contribution in [0, 0.1) is 5.82 Å². The van der Waals surface area contributed by atoms with Crippen LogP contribution in [0.4, 0.5) is 4.39 Å². The maximum atomic E-state index is 12.6. The molecule has 0 unspecified atom stereocenters. The molecule has 5 nitrogen and oxygen atoms in total. The van der Waals surface area contributed by atoms with Gasteiger partial charge < -0.3 is 15.5 Å². The van der Waals surface area contributed by atoms with Gasteiger partial charge in [-0.25, -0.2) is 9.18 Å². The van der Waals surface area contributed by atoms with Crippen LogP contribution in [0.5, 0.6) is 0 Å². The van der Waals surface area contributed by atoms with E-state index in [-0.39, 0.29) is 12.4 Å². The molecule has 96 valence electrons. The summed E-state index contributed by atoms with van der Waals surface area (Å²) in [7, 11) is 0. The number of hydrogen-bond donors (Lipinski definition) is 3. The summed E-state index contributed by atoms with van der Waals surface area (Å²) in [5, 5.41) is 19.5. The second-order valence-corrected chi connectivity index (χ2v) is 3.48. The fraction of sp³-hybridized carbons (Fsp3) is 0.167. The standard InChI is InChI=1S/C12H12FNO4/c13-9-4-1-8(2-5-9)3-6-11(16)14-7-10(15)12(17)18/h1-6,10,15H,7H2,(H,14,16)(H,17,18)/b6-3+/t10-/m0/s1. The van der Waals surface area contributed by atoms with Crippen molar-refractivity contribution in [3.8, 4) is 0 Å². The fourth-order valence-electron chi connectivity index (χ4n) is 1.09. The summed E-state index contributed by atoms with van der Waals surface area (Å²) in [6, 6.07) is 5.49. The number of carbonyl (C=O) groups excluding carboxylic acids is 1. The van der Waals surface area contributed by atoms with Gasteiger partial charge in [-0.2, -0.15) is 0 Å². The van der Waals surface area contributed by atoms with Crippen LogP contribution in [0.2, 0.25) is 0 Å². The minimum atomic E-state index is -1.63. The Bertz CT molecular complexity index is 456. The van der Waals surface area contributed by atoms with E-state index in [2.05, 4.69) is 5.32 Å². The lowest BCUT2D eigenvalue weighted by Crippen LogP contribution is -2.35. The number of aliphatic carboxylic acids is 1. The third-order valence-corrected chi connectivity index (χ3v) is 2.05. The number of amides is 1. The Balaban J connectivity index is 2.45. The van der Waals surface area contributed by atoms with Gasteiger partial charge >= 0.3 is 5.97 Å². The topological polar surface area (TPSA) is 86.6 Å². The molecule has 0 spiro atoms. The smallest absolute Gasteiger partial charge is 0.334 e. The van der Waals surface area contributed by atoms with E-state index >= 15 is 0 Å². The van der Waals surface area contributed by atoms with Gasteiger partial charge in [-0.3, -0.25) is 4.79 Å². The first kappa shape index (κ1) is 13.9. The number of carbonyl (C=O) groups is 2. The van der Waals surface area contributed by atoms with Crippen molar-refractivity contribution in [3.63, 3.8) is 0 Å². The van der Waals surface area contributed by atoms with Gasteiger partial charge in [-0.1, -0.05) is 12.1 Å². The lowest BCUT2D eigenvalue weighted by Gasteiger charge is -2.05. The highest BCUT2D eigenvalue weighted by molar-refractivity contribution is 5.92. The predicted molar refractivity (Wildman–Crippen MR) is 62.1 cm³/mol. The molecule has 0 fully saturated rings. The zero-order valence-electron chi connectivity index (χ0n) is 9.34. The minimum Gasteiger partial charge on any atom is -0.479 e. The first-order valence-electron chi connectivity index (χ1n) is 5.11. The molecule has 18 heavy (non-hydrogen) atoms. The number of aliphatic hydroxyl groups excluding tert-OH is 1. The Kier molecular flexibility index (Phi) is 5.01. The Morgan fingerprint density at radius 2 is 1.94 bits per heavy atom. The number of benzene rings is 1. The molecule has 1 rings (SSSR count). The van der Waals surface area contributed by atoms with Gasteiger partial charge in [0.05, 0.1) is 6.54 Å². The van der Waals surface area contributed by atoms with Crippen molar-refractivity contribution in [3.05, 3.63) is 41.7 Å². The summed E-state index contributed by atoms with van der Waals surface area (Å²) in [4.78, 5) is 21.5. The number of rotatable bonds is 5. The molecule has 0 aliphatic heterocycles. The average Bonchev–Trinajstić information content (AvgIpc) is 2.35. The van der Waals surface area contributed by atoms with Crippen molar-refractivity contribution in [2.75, 3.05) is 6.54 Å². The number of halogens is 1. The molecule has 1 aromatic rings. The lowest BCUT2D eigenvalue weighted by molar-refractivity contribution is -0.146. The summed E-state index contributed by atoms with van der Waals surface area (Å²) < 4.78 is 12.6. The van der Waals surface area contributed by atoms with E-state index in [1.807, 2.05) is 0 Å². The van der Waals surface area contributed by atoms with Crippen molar-refractivity contribution in [1.29, 1.82) is 0 Å². The van der Waals surface area contributed by atoms with Crippen molar-refractivity contribution in [1.82, 2.24) is 5.32 Å². The summed E-state index contributed by atoms with van der Waals surface area (Å²) >= 11 is 0. The van der Waals surface area contributed by atoms with Crippen LogP contribution < -0.4 is 5.32 Å². The van der Waals surface area contributed by atoms with Gasteiger partial charge in [0.2, 0.25) is 5.91 Å². The molecule has 0 radical (unpaired) electrons. The average molecular weight is 253 g/mol. The van der Waals surface area contributed by atoms with Crippen LogP contribution in [-0.4, -0.2) is 34.7 Å². The van der Waals surface area contributed by atoms with E-state index in [1.165, 1.54) is 36.4 Å². The van der Waals surface area contributed by atoms with E-state index < -0.39 is 18.0 Å². The summed E-state index contributed by atoms with van der Waals surface area (Å²) in [5.74, 6) is -2.32. The maximum absolute atomic E-state index is 12.6. The largest absolute Gasteiger partial charge is 0.479 e. The predicted octanol–water partition coefficient (Wildman–Crippen LogP) is 0.401. The van der Waals surface area contributed by atoms with Crippen LogP contribution in [0.25, 0.3) is 6.08 Å². The molecule has 6 heteroatoms. The third-order valence-electron chi connectivity index (χ3n) is 2.05. The van der Waals surface area contributed by atoms with Crippen molar-refractivity contribution < 1.29 is 24.2 Å². The maximum Gasteiger partial charge on any atom is 0.334 e. The number of hydrogen-bond acceptors (Lipinski definition) is 3. The van der Waals surface area contributed by atoms with E-state index in [4.69, 9.17) is 10.2 Å². The number of aliphatic hydroxyl groups is 1. The van der Waals surface area contributed by atoms with Gasteiger partial charge in [0, 0.05) is 6.08 Å². The lowest BCUT2D eigenvalue weighted by atomic mass is 10.2. The molecule has 0 aromatic heterocycles. The van der Waals surface area contributed by atoms with Crippen LogP contribution in [0.1, 0.15) is 5.56 Å². The summed E-state index contributed by atoms with van der Waals surface area (Å²) in [6.45, 7) is -0.373. The van der Waals surface area contributed by atoms with E-state index in [0.717, 1.165) is 0 Å². The highest BCUT2D eigenvalue weighted by Crippen LogP contribution is 2.04. The Labute approximate surface area is 103 Å². The summed E-state index contributed by atoms with van der Waals surface area (Å²) in [5.41, 5.74) is 0.630. The molecular weight excluding hydrogens is 241 g/mol. The van der Waals surface area contributed by atoms with E-state index in [9.17, 15) is 14.0 Å². The number of carboxylic acid groups (broad SMARTS) is 1. The van der Waals surface area contributed by atoms with Crippen molar-refractivity contribution in [2.45, 2.75) is 6.10 Å². The SMILES string of the molecule is O=C(/C=C/c1ccc(F)cc1)NC[C@H](O)C(=O)O. The Morgan fingerprint density at radius 1 is 1.33 bits per heavy atom. The highest BCUT2D eigenvalue weighted by atomic mass is 19.1. The van der Waals surface area contributed by atoms with Gasteiger partial charge in [-0.05, 0) is 23.8 Å². The van der Waals surface area contributed by atoms with Crippen LogP contribution in [0.3, 0.4) is 0 Å². The molecule has 0 aliphatic rings. The third kappa shape index (κ3) is 4.75. The second-order valence-electron chi connectivity index (χ2n) is 3.48. The molecule has 1 atom stereocenters. The zero-order valence-corrected chi connectivity index (χ0v) is 9.34. The Morgan fingerprint density at radius 3 is 2.50 bits per heavy atom. The molecule has 0 heterocycles. The van der Waals surface area contributed by atoms with E-state index in [1.54, 1.807) is 0 Å². The first-order chi connectivity index (χ1) is 8.49. The molecule has 1 amide bonds. The van der Waals surface area contributed by atoms with Crippen LogP contribution in [-0.2, 0) is 9.59 Å². The molecule has 0 aliphatic carbocycles. The first-order valence-corrected chi connectivity index (χ1v) is 5.11. The van der Waals surface area contributed by atoms with Gasteiger partial charge in [0.25, 0.3) is 0 Å². The monoisotopic (exact) mass is 253 g/mol. The fourth-order valence-corrected chi connectivity index (χ4v) is 1.09. The van der Waals surface area contributed by atoms with Crippen LogP contribution in [0.15, 0.2) is 30.3 Å². The zero-order chi connectivity index (χ0) is 13.5. The number of nitrogens with one attached hydrogen (secondary N) is 1. The van der Waals surface area contributed by atoms with Crippen molar-refractivity contribution >= 4 is 18.0 Å². The molecule has 0 saturated carbocycles. The molecule has 0 saturated heterocycles. The van der Waals surface area contributed by atoms with E-state index in [0.29, 0.717) is 5.56 Å². The molecular formula is C12H12FNO4. The highest BCUT2D eigenvalue weighted by Gasteiger charge is 2.12. The van der Waals surface area contributed by atoms with Gasteiger partial charge in [0.15, 0.2) is 6.10 Å². The normalized spacial score (nSPS) is 12.3. The quantitative estimate of drug-likeness (QED) is 0.663. The molecule has 1 aromatic carbocycles. The summed E-state index contributed by atoms with van der Waals surface area (Å²) in [6.07, 6.45) is 0.983. The van der Waals surface area contributed by atoms with Crippen molar-refractivity contribution in [2.24, 2.45) is 0 Å². The van der Waals surface area contributed by atoms with Gasteiger partial charge in [-0.15, -0.1) is 0 Å². The second kappa shape index (κ2) is 6.51. The molecule has 3 N–H and O–H groups in total. The Hall–Kier alpha value is -2.21. The molecule has 0 bridgehead atoms. The van der Waals surface area contributed by atoms with Crippen LogP contribution >= 0.6 is 0 Å². The number of carboxylic acids is 1. The minimum absolute atomic E-state index is 0.373.